The molecule has 3 amide bonds. The molecular formula is C35H51ClN6O7S2. The second kappa shape index (κ2) is 20.4. The Balaban J connectivity index is 1.51. The molecule has 6 N–H and O–H groups in total. The summed E-state index contributed by atoms with van der Waals surface area (Å²) in [6, 6.07) is 7.68. The van der Waals surface area contributed by atoms with Gasteiger partial charge in [-0.1, -0.05) is 29.8 Å². The highest BCUT2D eigenvalue weighted by atomic mass is 35.5. The summed E-state index contributed by atoms with van der Waals surface area (Å²) in [7, 11) is -3.78. The number of likely N-dealkylation sites (tertiary alicyclic amines) is 1. The van der Waals surface area contributed by atoms with Crippen LogP contribution in [0.5, 0.6) is 0 Å². The standard InChI is InChI=1S/C35H51ClN6O7S2/c1-51(47,48)41-30(12-9-24-13-17-38-18-14-24)35(46)42-22-27(49-23-25-7-10-26(36)11-8-25)21-31(42)33(44)40-29(6-2-3-16-37)32(43)34(45)39-19-15-28-5-4-20-50-28/h4-5,7-8,10-11,20,24,27,29-31,38,41H,2-3,6,9,12-19,21-23,37H2,1H3,(H,39,45)(H,40,44)/t27-,29+,30-,31+/m1/s1. The zero-order valence-electron chi connectivity index (χ0n) is 29.1. The number of Topliss-reactive ketones (excluding diaryl/α,β-unsaturated/α-hetero) is 1. The molecule has 1 aromatic heterocycles. The highest BCUT2D eigenvalue weighted by Gasteiger charge is 2.44. The molecule has 0 aliphatic carbocycles. The first-order chi connectivity index (χ1) is 24.4. The minimum absolute atomic E-state index is 0.0365. The lowest BCUT2D eigenvalue weighted by Gasteiger charge is -2.30. The summed E-state index contributed by atoms with van der Waals surface area (Å²) in [6.45, 7) is 2.60. The summed E-state index contributed by atoms with van der Waals surface area (Å²) in [5.41, 5.74) is 6.53. The minimum Gasteiger partial charge on any atom is -0.372 e. The van der Waals surface area contributed by atoms with E-state index < -0.39 is 57.8 Å². The maximum absolute atomic E-state index is 14.2. The molecule has 2 aliphatic heterocycles. The van der Waals surface area contributed by atoms with E-state index >= 15 is 0 Å². The molecule has 0 radical (unpaired) electrons. The number of nitrogens with two attached hydrogens (primary N) is 1. The molecule has 0 unspecified atom stereocenters. The van der Waals surface area contributed by atoms with Crippen LogP contribution in [0, 0.1) is 5.92 Å². The van der Waals surface area contributed by atoms with Crippen molar-refractivity contribution in [3.05, 3.63) is 57.2 Å². The maximum atomic E-state index is 14.2. The smallest absolute Gasteiger partial charge is 0.289 e. The van der Waals surface area contributed by atoms with Crippen LogP contribution >= 0.6 is 22.9 Å². The van der Waals surface area contributed by atoms with Gasteiger partial charge in [0.1, 0.15) is 12.1 Å². The number of nitrogens with one attached hydrogen (secondary N) is 4. The Morgan fingerprint density at radius 3 is 2.49 bits per heavy atom. The summed E-state index contributed by atoms with van der Waals surface area (Å²) < 4.78 is 33.5. The number of ether oxygens (including phenoxy) is 1. The second-order valence-corrected chi connectivity index (χ2v) is 16.6. The normalized spacial score (nSPS) is 19.4. The Bertz CT molecular complexity index is 1540. The van der Waals surface area contributed by atoms with E-state index in [1.165, 1.54) is 4.90 Å². The third kappa shape index (κ3) is 13.5. The molecule has 2 saturated heterocycles. The molecule has 0 spiro atoms. The van der Waals surface area contributed by atoms with Crippen LogP contribution in [0.3, 0.4) is 0 Å². The van der Waals surface area contributed by atoms with Crippen molar-refractivity contribution >= 4 is 56.5 Å². The molecule has 3 heterocycles. The van der Waals surface area contributed by atoms with Crippen molar-refractivity contribution in [3.63, 3.8) is 0 Å². The van der Waals surface area contributed by atoms with Gasteiger partial charge < -0.3 is 31.3 Å². The predicted molar refractivity (Wildman–Crippen MR) is 198 cm³/mol. The monoisotopic (exact) mass is 766 g/mol. The fourth-order valence-electron chi connectivity index (χ4n) is 6.50. The van der Waals surface area contributed by atoms with Crippen molar-refractivity contribution in [1.29, 1.82) is 0 Å². The molecule has 51 heavy (non-hydrogen) atoms. The van der Waals surface area contributed by atoms with Gasteiger partial charge in [0.25, 0.3) is 5.91 Å². The lowest BCUT2D eigenvalue weighted by atomic mass is 9.91. The van der Waals surface area contributed by atoms with Crippen molar-refractivity contribution in [2.45, 2.75) is 88.6 Å². The number of nitrogens with zero attached hydrogens (tertiary/aromatic N) is 1. The number of hydrogen-bond donors (Lipinski definition) is 5. The Morgan fingerprint density at radius 2 is 1.82 bits per heavy atom. The third-order valence-corrected chi connectivity index (χ3v) is 11.2. The van der Waals surface area contributed by atoms with E-state index in [9.17, 15) is 27.6 Å². The number of sulfonamides is 1. The first-order valence-electron chi connectivity index (χ1n) is 17.6. The Labute approximate surface area is 309 Å². The summed E-state index contributed by atoms with van der Waals surface area (Å²) >= 11 is 7.58. The van der Waals surface area contributed by atoms with E-state index in [1.807, 2.05) is 29.6 Å². The molecule has 0 saturated carbocycles. The number of carbonyl (C=O) groups is 4. The summed E-state index contributed by atoms with van der Waals surface area (Å²) in [5.74, 6) is -2.40. The number of rotatable bonds is 20. The zero-order chi connectivity index (χ0) is 36.8. The van der Waals surface area contributed by atoms with Crippen LogP contribution in [-0.2, 0) is 47.0 Å². The van der Waals surface area contributed by atoms with Crippen molar-refractivity contribution in [2.75, 3.05) is 39.0 Å². The third-order valence-electron chi connectivity index (χ3n) is 9.26. The number of ketones is 1. The van der Waals surface area contributed by atoms with Crippen LogP contribution in [0.15, 0.2) is 41.8 Å². The molecule has 4 atom stereocenters. The summed E-state index contributed by atoms with van der Waals surface area (Å²) in [5, 5.41) is 11.2. The van der Waals surface area contributed by atoms with Gasteiger partial charge >= 0.3 is 0 Å². The van der Waals surface area contributed by atoms with Crippen LogP contribution in [-0.4, -0.2) is 100 Å². The van der Waals surface area contributed by atoms with Crippen LogP contribution in [0.2, 0.25) is 5.02 Å². The van der Waals surface area contributed by atoms with E-state index in [4.69, 9.17) is 22.1 Å². The number of benzene rings is 1. The number of amides is 3. The molecule has 2 aliphatic rings. The Kier molecular flexibility index (Phi) is 16.3. The fourth-order valence-corrected chi connectivity index (χ4v) is 8.07. The van der Waals surface area contributed by atoms with Crippen LogP contribution in [0.25, 0.3) is 0 Å². The van der Waals surface area contributed by atoms with Crippen LogP contribution in [0.1, 0.15) is 61.8 Å². The van der Waals surface area contributed by atoms with Crippen molar-refractivity contribution < 1.29 is 32.3 Å². The highest BCUT2D eigenvalue weighted by Crippen LogP contribution is 2.26. The molecule has 282 valence electrons. The topological polar surface area (TPSA) is 189 Å². The van der Waals surface area contributed by atoms with Gasteiger partial charge in [-0.05, 0) is 106 Å². The molecule has 2 aromatic rings. The van der Waals surface area contributed by atoms with Gasteiger partial charge in [-0.15, -0.1) is 11.3 Å². The summed E-state index contributed by atoms with van der Waals surface area (Å²) in [6.07, 6.45) is 5.16. The number of carbonyl (C=O) groups excluding carboxylic acids is 4. The first kappa shape index (κ1) is 40.8. The highest BCUT2D eigenvalue weighted by molar-refractivity contribution is 7.88. The van der Waals surface area contributed by atoms with Gasteiger partial charge in [-0.2, -0.15) is 0 Å². The van der Waals surface area contributed by atoms with E-state index in [1.54, 1.807) is 23.5 Å². The second-order valence-electron chi connectivity index (χ2n) is 13.3. The number of unbranched alkanes of at least 4 members (excludes halogenated alkanes) is 1. The largest absolute Gasteiger partial charge is 0.372 e. The van der Waals surface area contributed by atoms with Gasteiger partial charge in [0.05, 0.1) is 25.0 Å². The van der Waals surface area contributed by atoms with Gasteiger partial charge in [-0.3, -0.25) is 19.2 Å². The quantitative estimate of drug-likeness (QED) is 0.0994. The number of hydrogen-bond acceptors (Lipinski definition) is 10. The molecule has 1 aromatic carbocycles. The molecule has 13 nitrogen and oxygen atoms in total. The molecule has 16 heteroatoms. The molecule has 0 bridgehead atoms. The Morgan fingerprint density at radius 1 is 1.08 bits per heavy atom. The van der Waals surface area contributed by atoms with Crippen molar-refractivity contribution in [1.82, 2.24) is 25.6 Å². The van der Waals surface area contributed by atoms with E-state index in [0.717, 1.165) is 42.6 Å². The van der Waals surface area contributed by atoms with Crippen LogP contribution < -0.4 is 26.4 Å². The first-order valence-corrected chi connectivity index (χ1v) is 20.8. The molecular weight excluding hydrogens is 716 g/mol. The van der Waals surface area contributed by atoms with Crippen molar-refractivity contribution in [3.8, 4) is 0 Å². The summed E-state index contributed by atoms with van der Waals surface area (Å²) in [4.78, 5) is 57.0. The average molecular weight is 767 g/mol. The SMILES string of the molecule is CS(=O)(=O)N[C@H](CCC1CCNCC1)C(=O)N1C[C@H](OCc2ccc(Cl)cc2)C[C@H]1C(=O)N[C@@H](CCCCN)C(=O)C(=O)NCCc1cccs1. The lowest BCUT2D eigenvalue weighted by molar-refractivity contribution is -0.142. The van der Waals surface area contributed by atoms with E-state index in [-0.39, 0.29) is 39.0 Å². The van der Waals surface area contributed by atoms with Gasteiger partial charge in [-0.25, -0.2) is 13.1 Å². The van der Waals surface area contributed by atoms with Gasteiger partial charge in [0.2, 0.25) is 27.6 Å². The predicted octanol–water partition coefficient (Wildman–Crippen LogP) is 2.13. The lowest BCUT2D eigenvalue weighted by Crippen LogP contribution is -2.56. The van der Waals surface area contributed by atoms with Gasteiger partial charge in [0, 0.05) is 29.4 Å². The number of thiophene rings is 1. The van der Waals surface area contributed by atoms with E-state index in [2.05, 4.69) is 20.7 Å². The van der Waals surface area contributed by atoms with Gasteiger partial charge in [0.15, 0.2) is 0 Å². The maximum Gasteiger partial charge on any atom is 0.289 e. The molecule has 4 rings (SSSR count). The average Bonchev–Trinajstić information content (AvgIpc) is 3.79. The molecule has 2 fully saturated rings. The van der Waals surface area contributed by atoms with Crippen molar-refractivity contribution in [2.24, 2.45) is 11.7 Å². The minimum atomic E-state index is -3.78. The van der Waals surface area contributed by atoms with E-state index in [0.29, 0.717) is 43.2 Å². The zero-order valence-corrected chi connectivity index (χ0v) is 31.5. The van der Waals surface area contributed by atoms with Crippen LogP contribution in [0.4, 0.5) is 0 Å². The number of halogens is 1. The number of piperidine rings is 1. The fraction of sp³-hybridized carbons (Fsp3) is 0.600. The Hall–Kier alpha value is -2.92.